The second-order valence-electron chi connectivity index (χ2n) is 2.38. The highest BCUT2D eigenvalue weighted by Gasteiger charge is 1.98. The molecule has 0 spiro atoms. The van der Waals surface area contributed by atoms with Crippen LogP contribution in [-0.2, 0) is 9.53 Å². The summed E-state index contributed by atoms with van der Waals surface area (Å²) in [5.41, 5.74) is 0.544. The first-order valence-electron chi connectivity index (χ1n) is 3.61. The quantitative estimate of drug-likeness (QED) is 0.471. The van der Waals surface area contributed by atoms with Gasteiger partial charge in [-0.1, -0.05) is 6.58 Å². The van der Waals surface area contributed by atoms with E-state index in [0.29, 0.717) is 18.7 Å². The molecule has 0 aromatic rings. The molecule has 1 N–H and O–H groups in total. The molecule has 0 aliphatic rings. The molecule has 0 aliphatic carbocycles. The minimum absolute atomic E-state index is 0.0823. The van der Waals surface area contributed by atoms with Crippen LogP contribution in [0.15, 0.2) is 12.2 Å². The Morgan fingerprint density at radius 1 is 1.64 bits per heavy atom. The van der Waals surface area contributed by atoms with Crippen LogP contribution in [0.25, 0.3) is 0 Å². The molecule has 0 atom stereocenters. The van der Waals surface area contributed by atoms with E-state index in [2.05, 4.69) is 11.9 Å². The minimum Gasteiger partial charge on any atom is -0.385 e. The van der Waals surface area contributed by atoms with Crippen LogP contribution in [0.4, 0.5) is 0 Å². The summed E-state index contributed by atoms with van der Waals surface area (Å²) in [5, 5.41) is 2.70. The number of ether oxygens (including phenoxy) is 1. The van der Waals surface area contributed by atoms with E-state index in [1.54, 1.807) is 14.0 Å². The Balaban J connectivity index is 3.25. The summed E-state index contributed by atoms with van der Waals surface area (Å²) in [6, 6.07) is 0. The zero-order valence-electron chi connectivity index (χ0n) is 7.14. The molecule has 3 nitrogen and oxygen atoms in total. The molecule has 0 saturated heterocycles. The van der Waals surface area contributed by atoms with Crippen molar-refractivity contribution in [1.29, 1.82) is 0 Å². The summed E-state index contributed by atoms with van der Waals surface area (Å²) in [6.45, 7) is 6.53. The van der Waals surface area contributed by atoms with Crippen molar-refractivity contribution < 1.29 is 9.53 Å². The Bertz CT molecular complexity index is 143. The number of methoxy groups -OCH3 is 1. The molecular formula is C8H15NO2. The highest BCUT2D eigenvalue weighted by molar-refractivity contribution is 5.91. The molecule has 0 saturated carbocycles. The number of nitrogens with one attached hydrogen (secondary N) is 1. The van der Waals surface area contributed by atoms with Gasteiger partial charge in [0.2, 0.25) is 5.91 Å². The van der Waals surface area contributed by atoms with Crippen LogP contribution in [0.2, 0.25) is 0 Å². The Kier molecular flexibility index (Phi) is 5.47. The maximum atomic E-state index is 10.9. The van der Waals surface area contributed by atoms with Crippen LogP contribution >= 0.6 is 0 Å². The number of carbonyl (C=O) groups is 1. The van der Waals surface area contributed by atoms with Crippen molar-refractivity contribution in [1.82, 2.24) is 5.32 Å². The third-order valence-electron chi connectivity index (χ3n) is 1.20. The SMILES string of the molecule is C=C(C)C(=O)NCCCOC. The third kappa shape index (κ3) is 5.61. The van der Waals surface area contributed by atoms with Crippen molar-refractivity contribution in [3.63, 3.8) is 0 Å². The monoisotopic (exact) mass is 157 g/mol. The number of hydrogen-bond donors (Lipinski definition) is 1. The molecule has 1 amide bonds. The summed E-state index contributed by atoms with van der Waals surface area (Å²) in [6.07, 6.45) is 0.843. The van der Waals surface area contributed by atoms with Crippen LogP contribution in [-0.4, -0.2) is 26.2 Å². The Morgan fingerprint density at radius 2 is 2.27 bits per heavy atom. The maximum Gasteiger partial charge on any atom is 0.246 e. The van der Waals surface area contributed by atoms with Gasteiger partial charge in [0.15, 0.2) is 0 Å². The zero-order valence-corrected chi connectivity index (χ0v) is 7.14. The van der Waals surface area contributed by atoms with Gasteiger partial charge in [0.05, 0.1) is 0 Å². The molecule has 0 bridgehead atoms. The van der Waals surface area contributed by atoms with E-state index in [1.165, 1.54) is 0 Å². The molecule has 0 aromatic heterocycles. The summed E-state index contributed by atoms with van der Waals surface area (Å²) in [5.74, 6) is -0.0823. The molecule has 0 aromatic carbocycles. The van der Waals surface area contributed by atoms with E-state index in [-0.39, 0.29) is 5.91 Å². The highest BCUT2D eigenvalue weighted by Crippen LogP contribution is 1.85. The molecule has 0 fully saturated rings. The smallest absolute Gasteiger partial charge is 0.246 e. The van der Waals surface area contributed by atoms with Crippen LogP contribution in [0, 0.1) is 0 Å². The van der Waals surface area contributed by atoms with E-state index in [0.717, 1.165) is 6.42 Å². The first-order valence-corrected chi connectivity index (χ1v) is 3.61. The van der Waals surface area contributed by atoms with Gasteiger partial charge < -0.3 is 10.1 Å². The summed E-state index contributed by atoms with van der Waals surface area (Å²) >= 11 is 0. The molecule has 0 radical (unpaired) electrons. The lowest BCUT2D eigenvalue weighted by molar-refractivity contribution is -0.117. The van der Waals surface area contributed by atoms with Gasteiger partial charge in [0.1, 0.15) is 0 Å². The van der Waals surface area contributed by atoms with E-state index < -0.39 is 0 Å². The number of carbonyl (C=O) groups excluding carboxylic acids is 1. The molecular weight excluding hydrogens is 142 g/mol. The average molecular weight is 157 g/mol. The van der Waals surface area contributed by atoms with E-state index >= 15 is 0 Å². The summed E-state index contributed by atoms with van der Waals surface area (Å²) in [7, 11) is 1.64. The summed E-state index contributed by atoms with van der Waals surface area (Å²) in [4.78, 5) is 10.9. The average Bonchev–Trinajstić information content (AvgIpc) is 1.97. The van der Waals surface area contributed by atoms with Gasteiger partial charge in [-0.2, -0.15) is 0 Å². The van der Waals surface area contributed by atoms with Crippen LogP contribution < -0.4 is 5.32 Å². The second-order valence-corrected chi connectivity index (χ2v) is 2.38. The minimum atomic E-state index is -0.0823. The van der Waals surface area contributed by atoms with Crippen molar-refractivity contribution in [3.05, 3.63) is 12.2 Å². The third-order valence-corrected chi connectivity index (χ3v) is 1.20. The van der Waals surface area contributed by atoms with Crippen molar-refractivity contribution in [3.8, 4) is 0 Å². The fourth-order valence-corrected chi connectivity index (χ4v) is 0.569. The fraction of sp³-hybridized carbons (Fsp3) is 0.625. The van der Waals surface area contributed by atoms with Crippen LogP contribution in [0.5, 0.6) is 0 Å². The highest BCUT2D eigenvalue weighted by atomic mass is 16.5. The van der Waals surface area contributed by atoms with Crippen LogP contribution in [0.1, 0.15) is 13.3 Å². The molecule has 0 heterocycles. The topological polar surface area (TPSA) is 38.3 Å². The first kappa shape index (κ1) is 10.2. The molecule has 0 aliphatic heterocycles. The lowest BCUT2D eigenvalue weighted by atomic mass is 10.3. The lowest BCUT2D eigenvalue weighted by Crippen LogP contribution is -2.25. The maximum absolute atomic E-state index is 10.9. The molecule has 0 unspecified atom stereocenters. The first-order chi connectivity index (χ1) is 5.18. The molecule has 3 heteroatoms. The van der Waals surface area contributed by atoms with Crippen molar-refractivity contribution in [2.24, 2.45) is 0 Å². The van der Waals surface area contributed by atoms with Gasteiger partial charge in [-0.05, 0) is 13.3 Å². The molecule has 0 rings (SSSR count). The van der Waals surface area contributed by atoms with Gasteiger partial charge in [-0.25, -0.2) is 0 Å². The van der Waals surface area contributed by atoms with Crippen molar-refractivity contribution >= 4 is 5.91 Å². The van der Waals surface area contributed by atoms with Gasteiger partial charge in [0, 0.05) is 25.8 Å². The molecule has 11 heavy (non-hydrogen) atoms. The van der Waals surface area contributed by atoms with E-state index in [9.17, 15) is 4.79 Å². The predicted octanol–water partition coefficient (Wildman–Crippen LogP) is 0.715. The fourth-order valence-electron chi connectivity index (χ4n) is 0.569. The Morgan fingerprint density at radius 3 is 2.73 bits per heavy atom. The van der Waals surface area contributed by atoms with Gasteiger partial charge in [-0.3, -0.25) is 4.79 Å². The number of rotatable bonds is 5. The number of amides is 1. The predicted molar refractivity (Wildman–Crippen MR) is 44.3 cm³/mol. The zero-order chi connectivity index (χ0) is 8.69. The largest absolute Gasteiger partial charge is 0.385 e. The number of hydrogen-bond acceptors (Lipinski definition) is 2. The van der Waals surface area contributed by atoms with Gasteiger partial charge in [-0.15, -0.1) is 0 Å². The standard InChI is InChI=1S/C8H15NO2/c1-7(2)8(10)9-5-4-6-11-3/h1,4-6H2,2-3H3,(H,9,10). The molecule has 64 valence electrons. The normalized spacial score (nSPS) is 9.27. The Labute approximate surface area is 67.4 Å². The Hall–Kier alpha value is -0.830. The van der Waals surface area contributed by atoms with Gasteiger partial charge >= 0.3 is 0 Å². The lowest BCUT2D eigenvalue weighted by Gasteiger charge is -2.02. The van der Waals surface area contributed by atoms with Crippen LogP contribution in [0.3, 0.4) is 0 Å². The van der Waals surface area contributed by atoms with E-state index in [1.807, 2.05) is 0 Å². The summed E-state index contributed by atoms with van der Waals surface area (Å²) < 4.78 is 4.81. The van der Waals surface area contributed by atoms with Crippen molar-refractivity contribution in [2.75, 3.05) is 20.3 Å². The van der Waals surface area contributed by atoms with Crippen molar-refractivity contribution in [2.45, 2.75) is 13.3 Å². The second kappa shape index (κ2) is 5.92. The van der Waals surface area contributed by atoms with E-state index in [4.69, 9.17) is 4.74 Å². The van der Waals surface area contributed by atoms with Gasteiger partial charge in [0.25, 0.3) is 0 Å².